The van der Waals surface area contributed by atoms with Crippen LogP contribution in [0.2, 0.25) is 0 Å². The highest BCUT2D eigenvalue weighted by molar-refractivity contribution is 6.00. The van der Waals surface area contributed by atoms with Crippen LogP contribution in [-0.4, -0.2) is 5.71 Å². The first-order chi connectivity index (χ1) is 14.4. The summed E-state index contributed by atoms with van der Waals surface area (Å²) < 4.78 is 13.1. The number of nitrogens with zero attached hydrogens (tertiary/aromatic N) is 1. The van der Waals surface area contributed by atoms with Crippen molar-refractivity contribution in [1.82, 2.24) is 0 Å². The van der Waals surface area contributed by atoms with Gasteiger partial charge in [0.15, 0.2) is 0 Å². The van der Waals surface area contributed by atoms with E-state index in [0.29, 0.717) is 0 Å². The van der Waals surface area contributed by atoms with Crippen LogP contribution >= 0.6 is 0 Å². The highest BCUT2D eigenvalue weighted by atomic mass is 19.1. The second-order valence-corrected chi connectivity index (χ2v) is 8.65. The molecule has 2 aliphatic rings. The molecule has 0 unspecified atom stereocenters. The molecule has 1 nitrogen and oxygen atoms in total. The summed E-state index contributed by atoms with van der Waals surface area (Å²) in [6, 6.07) is 6.38. The molecular formula is C28H38FN. The first kappa shape index (κ1) is 24.1. The molecule has 162 valence electrons. The molecule has 0 heterocycles. The molecule has 2 fully saturated rings. The summed E-state index contributed by atoms with van der Waals surface area (Å²) in [5, 5.41) is 0. The fourth-order valence-electron chi connectivity index (χ4n) is 3.74. The molecule has 0 radical (unpaired) electrons. The van der Waals surface area contributed by atoms with E-state index in [4.69, 9.17) is 0 Å². The van der Waals surface area contributed by atoms with Gasteiger partial charge in [0, 0.05) is 11.3 Å². The third-order valence-electron chi connectivity index (χ3n) is 5.96. The molecular weight excluding hydrogens is 369 g/mol. The van der Waals surface area contributed by atoms with E-state index < -0.39 is 0 Å². The summed E-state index contributed by atoms with van der Waals surface area (Å²) in [4.78, 5) is 4.65. The molecule has 0 aliphatic heterocycles. The topological polar surface area (TPSA) is 12.4 Å². The van der Waals surface area contributed by atoms with Crippen molar-refractivity contribution in [2.75, 3.05) is 0 Å². The van der Waals surface area contributed by atoms with Gasteiger partial charge in [-0.15, -0.1) is 0 Å². The van der Waals surface area contributed by atoms with E-state index in [1.165, 1.54) is 30.4 Å². The van der Waals surface area contributed by atoms with Crippen LogP contribution in [0.5, 0.6) is 0 Å². The predicted octanol–water partition coefficient (Wildman–Crippen LogP) is 8.56. The summed E-state index contributed by atoms with van der Waals surface area (Å²) in [6.07, 6.45) is 15.5. The number of hydrogen-bond acceptors (Lipinski definition) is 1. The smallest absolute Gasteiger partial charge is 0.123 e. The summed E-state index contributed by atoms with van der Waals surface area (Å²) in [5.41, 5.74) is 4.52. The minimum atomic E-state index is -0.249. The third kappa shape index (κ3) is 7.89. The van der Waals surface area contributed by atoms with Crippen LogP contribution in [0.15, 0.2) is 71.3 Å². The van der Waals surface area contributed by atoms with Crippen LogP contribution < -0.4 is 0 Å². The predicted molar refractivity (Wildman–Crippen MR) is 130 cm³/mol. The second kappa shape index (κ2) is 11.8. The average molecular weight is 408 g/mol. The summed E-state index contributed by atoms with van der Waals surface area (Å²) in [7, 11) is 0. The zero-order valence-corrected chi connectivity index (χ0v) is 19.4. The van der Waals surface area contributed by atoms with Gasteiger partial charge in [-0.25, -0.2) is 4.39 Å². The normalized spacial score (nSPS) is 17.9. The monoisotopic (exact) mass is 407 g/mol. The minimum Gasteiger partial charge on any atom is -0.253 e. The molecule has 0 aromatic heterocycles. The minimum absolute atomic E-state index is 0.249. The maximum absolute atomic E-state index is 13.1. The summed E-state index contributed by atoms with van der Waals surface area (Å²) in [5.74, 6) is 3.23. The van der Waals surface area contributed by atoms with Crippen LogP contribution in [0.4, 0.5) is 4.39 Å². The van der Waals surface area contributed by atoms with Crippen molar-refractivity contribution < 1.29 is 4.39 Å². The van der Waals surface area contributed by atoms with Crippen LogP contribution in [0.25, 0.3) is 5.70 Å². The molecule has 2 saturated carbocycles. The summed E-state index contributed by atoms with van der Waals surface area (Å²) in [6.45, 7) is 14.1. The standard InChI is InChI=1S/C19H22FN.C9H16/c1-6-7-8-9-15(4)19(21-16(5)14(2)3)17-10-12-18(20)13-11-17;1-2-9(7-3-4-7)8-5-6-8/h6-13H,2H2,1,3-5H3;7-9H,2-6H2,1H3/b7-6-,9-8-,19-15+,21-16?;. The fourth-order valence-corrected chi connectivity index (χ4v) is 3.74. The Balaban J connectivity index is 0.000000290. The van der Waals surface area contributed by atoms with E-state index in [-0.39, 0.29) is 5.82 Å². The van der Waals surface area contributed by atoms with Crippen LogP contribution in [-0.2, 0) is 0 Å². The molecule has 0 N–H and O–H groups in total. The van der Waals surface area contributed by atoms with Crippen molar-refractivity contribution in [2.45, 2.75) is 66.7 Å². The number of aliphatic imine (C=N–C) groups is 1. The van der Waals surface area contributed by atoms with E-state index in [2.05, 4.69) is 18.5 Å². The lowest BCUT2D eigenvalue weighted by atomic mass is 9.95. The van der Waals surface area contributed by atoms with Gasteiger partial charge >= 0.3 is 0 Å². The van der Waals surface area contributed by atoms with E-state index in [1.54, 1.807) is 37.8 Å². The van der Waals surface area contributed by atoms with Crippen molar-refractivity contribution >= 4 is 11.4 Å². The van der Waals surface area contributed by atoms with Gasteiger partial charge in [0.2, 0.25) is 0 Å². The van der Waals surface area contributed by atoms with Gasteiger partial charge in [-0.2, -0.15) is 0 Å². The zero-order valence-electron chi connectivity index (χ0n) is 19.4. The zero-order chi connectivity index (χ0) is 22.1. The third-order valence-corrected chi connectivity index (χ3v) is 5.96. The Labute approximate surface area is 183 Å². The van der Waals surface area contributed by atoms with E-state index in [0.717, 1.165) is 34.0 Å². The Hall–Kier alpha value is -2.22. The van der Waals surface area contributed by atoms with E-state index in [9.17, 15) is 4.39 Å². The van der Waals surface area contributed by atoms with Gasteiger partial charge in [0.1, 0.15) is 5.82 Å². The molecule has 0 saturated heterocycles. The molecule has 3 rings (SSSR count). The lowest BCUT2D eigenvalue weighted by molar-refractivity contribution is 0.393. The maximum Gasteiger partial charge on any atom is 0.123 e. The molecule has 0 spiro atoms. The van der Waals surface area contributed by atoms with E-state index >= 15 is 0 Å². The van der Waals surface area contributed by atoms with Gasteiger partial charge in [0.05, 0.1) is 5.70 Å². The van der Waals surface area contributed by atoms with Gasteiger partial charge in [-0.1, -0.05) is 44.2 Å². The highest BCUT2D eigenvalue weighted by Crippen LogP contribution is 2.50. The quantitative estimate of drug-likeness (QED) is 0.302. The fraction of sp³-hybridized carbons (Fsp3) is 0.464. The lowest BCUT2D eigenvalue weighted by Gasteiger charge is -2.10. The van der Waals surface area contributed by atoms with Crippen molar-refractivity contribution in [3.05, 3.63) is 77.7 Å². The summed E-state index contributed by atoms with van der Waals surface area (Å²) >= 11 is 0. The second-order valence-electron chi connectivity index (χ2n) is 8.65. The van der Waals surface area contributed by atoms with Crippen molar-refractivity contribution in [2.24, 2.45) is 22.7 Å². The number of rotatable bonds is 8. The number of benzene rings is 1. The molecule has 1 aromatic carbocycles. The van der Waals surface area contributed by atoms with Crippen LogP contribution in [0.1, 0.15) is 72.3 Å². The Bertz CT molecular complexity index is 803. The van der Waals surface area contributed by atoms with Crippen molar-refractivity contribution in [3.8, 4) is 0 Å². The molecule has 2 heteroatoms. The van der Waals surface area contributed by atoms with Gasteiger partial charge in [-0.05, 0) is 107 Å². The van der Waals surface area contributed by atoms with E-state index in [1.807, 2.05) is 52.0 Å². The largest absolute Gasteiger partial charge is 0.253 e. The Morgan fingerprint density at radius 2 is 1.63 bits per heavy atom. The average Bonchev–Trinajstić information content (AvgIpc) is 3.63. The number of halogens is 1. The van der Waals surface area contributed by atoms with Crippen molar-refractivity contribution in [3.63, 3.8) is 0 Å². The van der Waals surface area contributed by atoms with Crippen LogP contribution in [0.3, 0.4) is 0 Å². The van der Waals surface area contributed by atoms with Crippen molar-refractivity contribution in [1.29, 1.82) is 0 Å². The van der Waals surface area contributed by atoms with Gasteiger partial charge < -0.3 is 0 Å². The van der Waals surface area contributed by atoms with Gasteiger partial charge in [-0.3, -0.25) is 4.99 Å². The lowest BCUT2D eigenvalue weighted by Crippen LogP contribution is -2.02. The van der Waals surface area contributed by atoms with Crippen LogP contribution in [0, 0.1) is 23.6 Å². The van der Waals surface area contributed by atoms with Gasteiger partial charge in [0.25, 0.3) is 0 Å². The number of allylic oxidation sites excluding steroid dienone is 6. The number of hydrogen-bond donors (Lipinski definition) is 0. The molecule has 2 aliphatic carbocycles. The molecule has 0 amide bonds. The highest BCUT2D eigenvalue weighted by Gasteiger charge is 2.39. The molecule has 1 aromatic rings. The first-order valence-electron chi connectivity index (χ1n) is 11.3. The molecule has 0 atom stereocenters. The molecule has 0 bridgehead atoms. The Morgan fingerprint density at radius 1 is 1.07 bits per heavy atom. The first-order valence-corrected chi connectivity index (χ1v) is 11.3. The Morgan fingerprint density at radius 3 is 2.07 bits per heavy atom. The Kier molecular flexibility index (Phi) is 9.49. The molecule has 30 heavy (non-hydrogen) atoms. The SMILES string of the molecule is C=C(C)C(C)=N/C(=C(C)/C=C\C=C/C)c1ccc(F)cc1.CCC(C1CC1)C1CC1. The maximum atomic E-state index is 13.1.